The molecular weight excluding hydrogens is 318 g/mol. The van der Waals surface area contributed by atoms with E-state index in [9.17, 15) is 18.4 Å². The Hall–Kier alpha value is -2.96. The van der Waals surface area contributed by atoms with Gasteiger partial charge in [0.15, 0.2) is 6.10 Å². The van der Waals surface area contributed by atoms with Gasteiger partial charge in [0.2, 0.25) is 0 Å². The first-order chi connectivity index (χ1) is 11.4. The van der Waals surface area contributed by atoms with Crippen molar-refractivity contribution in [3.63, 3.8) is 0 Å². The second kappa shape index (κ2) is 7.54. The molecule has 0 aliphatic rings. The standard InChI is InChI=1S/C17H16F2N2O3/c1-10(16(22)21-9-11-2-4-12(18)5-3-11)24-17(23)14-7-6-13(19)8-15(14)20/h2-8,10H,9,20H2,1H3,(H,21,22)/t10-/m1/s1. The second-order valence-corrected chi connectivity index (χ2v) is 5.12. The van der Waals surface area contributed by atoms with Crippen LogP contribution in [0.1, 0.15) is 22.8 Å². The van der Waals surface area contributed by atoms with Gasteiger partial charge in [-0.3, -0.25) is 4.79 Å². The van der Waals surface area contributed by atoms with Crippen LogP contribution in [0.15, 0.2) is 42.5 Å². The summed E-state index contributed by atoms with van der Waals surface area (Å²) >= 11 is 0. The Morgan fingerprint density at radius 2 is 1.75 bits per heavy atom. The summed E-state index contributed by atoms with van der Waals surface area (Å²) in [7, 11) is 0. The average Bonchev–Trinajstić information content (AvgIpc) is 2.53. The van der Waals surface area contributed by atoms with Crippen LogP contribution in [-0.2, 0) is 16.1 Å². The minimum atomic E-state index is -1.07. The van der Waals surface area contributed by atoms with E-state index in [-0.39, 0.29) is 23.6 Å². The molecule has 24 heavy (non-hydrogen) atoms. The zero-order valence-corrected chi connectivity index (χ0v) is 12.9. The molecule has 0 aliphatic carbocycles. The SMILES string of the molecule is C[C@@H](OC(=O)c1ccc(F)cc1N)C(=O)NCc1ccc(F)cc1. The maximum absolute atomic E-state index is 13.0. The Balaban J connectivity index is 1.90. The van der Waals surface area contributed by atoms with Gasteiger partial charge in [-0.05, 0) is 42.8 Å². The molecule has 0 aromatic heterocycles. The molecule has 0 heterocycles. The van der Waals surface area contributed by atoms with E-state index in [1.807, 2.05) is 0 Å². The zero-order chi connectivity index (χ0) is 17.7. The van der Waals surface area contributed by atoms with Gasteiger partial charge in [-0.15, -0.1) is 0 Å². The molecule has 2 rings (SSSR count). The van der Waals surface area contributed by atoms with Crippen molar-refractivity contribution >= 4 is 17.6 Å². The monoisotopic (exact) mass is 334 g/mol. The average molecular weight is 334 g/mol. The van der Waals surface area contributed by atoms with E-state index in [1.165, 1.54) is 37.3 Å². The predicted molar refractivity (Wildman–Crippen MR) is 83.9 cm³/mol. The molecule has 1 amide bonds. The summed E-state index contributed by atoms with van der Waals surface area (Å²) in [4.78, 5) is 23.9. The van der Waals surface area contributed by atoms with Crippen LogP contribution in [0.4, 0.5) is 14.5 Å². The molecule has 0 spiro atoms. The predicted octanol–water partition coefficient (Wildman–Crippen LogP) is 2.41. The van der Waals surface area contributed by atoms with E-state index in [0.29, 0.717) is 5.56 Å². The van der Waals surface area contributed by atoms with E-state index >= 15 is 0 Å². The van der Waals surface area contributed by atoms with Gasteiger partial charge in [0.25, 0.3) is 5.91 Å². The molecule has 0 saturated carbocycles. The normalized spacial score (nSPS) is 11.6. The molecule has 1 atom stereocenters. The number of rotatable bonds is 5. The van der Waals surface area contributed by atoms with Crippen LogP contribution in [0.5, 0.6) is 0 Å². The van der Waals surface area contributed by atoms with Crippen LogP contribution >= 0.6 is 0 Å². The van der Waals surface area contributed by atoms with Gasteiger partial charge in [-0.2, -0.15) is 0 Å². The molecule has 3 N–H and O–H groups in total. The summed E-state index contributed by atoms with van der Waals surface area (Å²) in [6, 6.07) is 8.89. The van der Waals surface area contributed by atoms with Gasteiger partial charge in [0.1, 0.15) is 11.6 Å². The fraction of sp³-hybridized carbons (Fsp3) is 0.176. The summed E-state index contributed by atoms with van der Waals surface area (Å²) in [5.74, 6) is -2.29. The number of nitrogens with two attached hydrogens (primary N) is 1. The van der Waals surface area contributed by atoms with Gasteiger partial charge in [-0.1, -0.05) is 12.1 Å². The lowest BCUT2D eigenvalue weighted by Crippen LogP contribution is -2.35. The largest absolute Gasteiger partial charge is 0.449 e. The van der Waals surface area contributed by atoms with Crippen LogP contribution in [0.2, 0.25) is 0 Å². The molecular formula is C17H16F2N2O3. The molecule has 2 aromatic carbocycles. The minimum Gasteiger partial charge on any atom is -0.449 e. The summed E-state index contributed by atoms with van der Waals surface area (Å²) in [6.45, 7) is 1.57. The topological polar surface area (TPSA) is 81.4 Å². The number of amides is 1. The number of hydrogen-bond donors (Lipinski definition) is 2. The molecule has 0 fully saturated rings. The third-order valence-corrected chi connectivity index (χ3v) is 3.27. The van der Waals surface area contributed by atoms with Crippen molar-refractivity contribution < 1.29 is 23.1 Å². The number of benzene rings is 2. The molecule has 126 valence electrons. The van der Waals surface area contributed by atoms with Gasteiger partial charge in [0.05, 0.1) is 5.56 Å². The van der Waals surface area contributed by atoms with E-state index in [2.05, 4.69) is 5.32 Å². The van der Waals surface area contributed by atoms with Crippen LogP contribution in [0, 0.1) is 11.6 Å². The highest BCUT2D eigenvalue weighted by molar-refractivity contribution is 5.96. The highest BCUT2D eigenvalue weighted by atomic mass is 19.1. The third kappa shape index (κ3) is 4.52. The maximum Gasteiger partial charge on any atom is 0.341 e. The number of anilines is 1. The minimum absolute atomic E-state index is 0.0189. The van der Waals surface area contributed by atoms with Gasteiger partial charge in [0, 0.05) is 12.2 Å². The molecule has 7 heteroatoms. The smallest absolute Gasteiger partial charge is 0.341 e. The Kier molecular flexibility index (Phi) is 5.47. The molecule has 0 saturated heterocycles. The summed E-state index contributed by atoms with van der Waals surface area (Å²) < 4.78 is 30.8. The number of carbonyl (C=O) groups excluding carboxylic acids is 2. The molecule has 5 nitrogen and oxygen atoms in total. The molecule has 0 radical (unpaired) electrons. The summed E-state index contributed by atoms with van der Waals surface area (Å²) in [5.41, 5.74) is 6.16. The first-order valence-corrected chi connectivity index (χ1v) is 7.15. The number of carbonyl (C=O) groups is 2. The van der Waals surface area contributed by atoms with Crippen LogP contribution in [-0.4, -0.2) is 18.0 Å². The summed E-state index contributed by atoms with van der Waals surface area (Å²) in [6.07, 6.45) is -1.07. The van der Waals surface area contributed by atoms with Gasteiger partial charge >= 0.3 is 5.97 Å². The molecule has 0 unspecified atom stereocenters. The van der Waals surface area contributed by atoms with Crippen molar-refractivity contribution in [2.45, 2.75) is 19.6 Å². The fourth-order valence-corrected chi connectivity index (χ4v) is 1.93. The second-order valence-electron chi connectivity index (χ2n) is 5.12. The van der Waals surface area contributed by atoms with E-state index in [1.54, 1.807) is 0 Å². The Morgan fingerprint density at radius 1 is 1.12 bits per heavy atom. The highest BCUT2D eigenvalue weighted by Gasteiger charge is 2.20. The first kappa shape index (κ1) is 17.4. The van der Waals surface area contributed by atoms with E-state index in [0.717, 1.165) is 12.1 Å². The lowest BCUT2D eigenvalue weighted by molar-refractivity contribution is -0.129. The first-order valence-electron chi connectivity index (χ1n) is 7.15. The maximum atomic E-state index is 13.0. The number of esters is 1. The zero-order valence-electron chi connectivity index (χ0n) is 12.9. The Labute approximate surface area is 137 Å². The van der Waals surface area contributed by atoms with Crippen molar-refractivity contribution in [2.24, 2.45) is 0 Å². The number of halogens is 2. The molecule has 0 aliphatic heterocycles. The fourth-order valence-electron chi connectivity index (χ4n) is 1.93. The van der Waals surface area contributed by atoms with Crippen LogP contribution < -0.4 is 11.1 Å². The number of nitrogens with one attached hydrogen (secondary N) is 1. The molecule has 2 aromatic rings. The van der Waals surface area contributed by atoms with Crippen molar-refractivity contribution in [3.8, 4) is 0 Å². The van der Waals surface area contributed by atoms with E-state index in [4.69, 9.17) is 10.5 Å². The van der Waals surface area contributed by atoms with Crippen molar-refractivity contribution in [3.05, 3.63) is 65.2 Å². The number of nitrogen functional groups attached to an aromatic ring is 1. The van der Waals surface area contributed by atoms with Crippen LogP contribution in [0.25, 0.3) is 0 Å². The third-order valence-electron chi connectivity index (χ3n) is 3.27. The van der Waals surface area contributed by atoms with Crippen molar-refractivity contribution in [1.29, 1.82) is 0 Å². The van der Waals surface area contributed by atoms with Gasteiger partial charge in [-0.25, -0.2) is 13.6 Å². The number of ether oxygens (including phenoxy) is 1. The molecule has 0 bridgehead atoms. The lowest BCUT2D eigenvalue weighted by Gasteiger charge is -2.14. The quantitative estimate of drug-likeness (QED) is 0.650. The van der Waals surface area contributed by atoms with Crippen molar-refractivity contribution in [1.82, 2.24) is 5.32 Å². The number of hydrogen-bond acceptors (Lipinski definition) is 4. The van der Waals surface area contributed by atoms with Gasteiger partial charge < -0.3 is 15.8 Å². The van der Waals surface area contributed by atoms with Crippen LogP contribution in [0.3, 0.4) is 0 Å². The highest BCUT2D eigenvalue weighted by Crippen LogP contribution is 2.15. The lowest BCUT2D eigenvalue weighted by atomic mass is 10.2. The van der Waals surface area contributed by atoms with Crippen molar-refractivity contribution in [2.75, 3.05) is 5.73 Å². The van der Waals surface area contributed by atoms with E-state index < -0.39 is 23.8 Å². The Bertz CT molecular complexity index is 748. The Morgan fingerprint density at radius 3 is 2.38 bits per heavy atom. The summed E-state index contributed by atoms with van der Waals surface area (Å²) in [5, 5.41) is 2.57.